The Morgan fingerprint density at radius 1 is 1.21 bits per heavy atom. The number of hydrogen-bond acceptors (Lipinski definition) is 5. The van der Waals surface area contributed by atoms with Crippen LogP contribution in [0, 0.1) is 11.3 Å². The number of carbonyl (C=O) groups is 4. The van der Waals surface area contributed by atoms with Crippen LogP contribution in [0.25, 0.3) is 0 Å². The van der Waals surface area contributed by atoms with Gasteiger partial charge in [-0.15, -0.1) is 0 Å². The Morgan fingerprint density at radius 2 is 1.82 bits per heavy atom. The van der Waals surface area contributed by atoms with Gasteiger partial charge in [0, 0.05) is 5.02 Å². The van der Waals surface area contributed by atoms with Gasteiger partial charge < -0.3 is 15.4 Å². The molecule has 2 aliphatic rings. The minimum absolute atomic E-state index is 0.141. The van der Waals surface area contributed by atoms with E-state index >= 15 is 0 Å². The predicted octanol–water partition coefficient (Wildman–Crippen LogP) is 3.59. The van der Waals surface area contributed by atoms with Crippen molar-refractivity contribution in [3.8, 4) is 0 Å². The van der Waals surface area contributed by atoms with Crippen molar-refractivity contribution in [3.63, 3.8) is 0 Å². The molecule has 33 heavy (non-hydrogen) atoms. The van der Waals surface area contributed by atoms with Crippen molar-refractivity contribution in [2.45, 2.75) is 65.0 Å². The lowest BCUT2D eigenvalue weighted by molar-refractivity contribution is -0.151. The molecule has 1 aliphatic heterocycles. The Hall–Kier alpha value is -2.61. The zero-order valence-electron chi connectivity index (χ0n) is 19.6. The first-order chi connectivity index (χ1) is 15.4. The molecule has 1 saturated heterocycles. The van der Waals surface area contributed by atoms with E-state index in [1.54, 1.807) is 31.2 Å². The van der Waals surface area contributed by atoms with Crippen LogP contribution in [-0.2, 0) is 19.1 Å². The normalized spacial score (nSPS) is 23.9. The van der Waals surface area contributed by atoms with Crippen molar-refractivity contribution < 1.29 is 23.9 Å². The van der Waals surface area contributed by atoms with Crippen molar-refractivity contribution >= 4 is 35.4 Å². The molecule has 8 nitrogen and oxygen atoms in total. The van der Waals surface area contributed by atoms with Gasteiger partial charge in [-0.3, -0.25) is 19.3 Å². The molecule has 0 bridgehead atoms. The smallest absolute Gasteiger partial charge is 0.326 e. The van der Waals surface area contributed by atoms with Gasteiger partial charge in [0.25, 0.3) is 11.8 Å². The topological polar surface area (TPSA) is 105 Å². The second kappa shape index (κ2) is 9.71. The number of halogens is 1. The number of nitrogens with one attached hydrogen (secondary N) is 2. The number of benzene rings is 1. The van der Waals surface area contributed by atoms with Gasteiger partial charge in [-0.2, -0.15) is 0 Å². The van der Waals surface area contributed by atoms with E-state index < -0.39 is 42.5 Å². The van der Waals surface area contributed by atoms with Crippen LogP contribution in [0.15, 0.2) is 24.3 Å². The molecule has 1 aliphatic carbocycles. The number of amides is 4. The van der Waals surface area contributed by atoms with Crippen molar-refractivity contribution in [3.05, 3.63) is 34.9 Å². The summed E-state index contributed by atoms with van der Waals surface area (Å²) in [7, 11) is 0. The molecule has 1 unspecified atom stereocenters. The summed E-state index contributed by atoms with van der Waals surface area (Å²) in [5.74, 6) is -1.22. The third kappa shape index (κ3) is 5.85. The Morgan fingerprint density at radius 3 is 2.39 bits per heavy atom. The number of urea groups is 1. The van der Waals surface area contributed by atoms with E-state index in [0.29, 0.717) is 23.8 Å². The fraction of sp³-hybridized carbons (Fsp3) is 0.583. The first-order valence-corrected chi connectivity index (χ1v) is 11.6. The maximum atomic E-state index is 13.0. The molecule has 0 aromatic heterocycles. The third-order valence-corrected chi connectivity index (χ3v) is 6.96. The van der Waals surface area contributed by atoms with Crippen LogP contribution in [0.3, 0.4) is 0 Å². The lowest BCUT2D eigenvalue weighted by Crippen LogP contribution is -2.50. The summed E-state index contributed by atoms with van der Waals surface area (Å²) in [5.41, 5.74) is 0.0530. The quantitative estimate of drug-likeness (QED) is 0.481. The van der Waals surface area contributed by atoms with E-state index in [9.17, 15) is 19.2 Å². The molecule has 3 rings (SSSR count). The number of carbonyl (C=O) groups excluding carboxylic acids is 4. The molecule has 2 N–H and O–H groups in total. The van der Waals surface area contributed by atoms with Gasteiger partial charge in [0.1, 0.15) is 12.1 Å². The highest BCUT2D eigenvalue weighted by Crippen LogP contribution is 2.43. The van der Waals surface area contributed by atoms with Gasteiger partial charge in [-0.25, -0.2) is 4.79 Å². The summed E-state index contributed by atoms with van der Waals surface area (Å²) >= 11 is 5.87. The molecular weight excluding hydrogens is 446 g/mol. The molecule has 9 heteroatoms. The van der Waals surface area contributed by atoms with Crippen LogP contribution in [0.2, 0.25) is 5.02 Å². The molecule has 2 fully saturated rings. The molecule has 1 saturated carbocycles. The highest BCUT2D eigenvalue weighted by atomic mass is 35.5. The molecule has 0 radical (unpaired) electrons. The monoisotopic (exact) mass is 477 g/mol. The molecule has 180 valence electrons. The van der Waals surface area contributed by atoms with Gasteiger partial charge >= 0.3 is 12.0 Å². The number of ether oxygens (including phenoxy) is 1. The average Bonchev–Trinajstić information content (AvgIpc) is 2.96. The molecule has 1 spiro atoms. The first kappa shape index (κ1) is 25.0. The van der Waals surface area contributed by atoms with Crippen LogP contribution in [-0.4, -0.2) is 47.4 Å². The number of esters is 1. The van der Waals surface area contributed by atoms with E-state index in [2.05, 4.69) is 31.4 Å². The molecular formula is C24H32ClN3O5. The van der Waals surface area contributed by atoms with Gasteiger partial charge in [-0.1, -0.05) is 44.5 Å². The summed E-state index contributed by atoms with van der Waals surface area (Å²) in [6.07, 6.45) is 2.77. The Labute approximate surface area is 199 Å². The predicted molar refractivity (Wildman–Crippen MR) is 123 cm³/mol. The Bertz CT molecular complexity index is 917. The number of imide groups is 1. The second-order valence-electron chi connectivity index (χ2n) is 10.0. The number of rotatable bonds is 6. The van der Waals surface area contributed by atoms with Gasteiger partial charge in [0.15, 0.2) is 6.61 Å². The summed E-state index contributed by atoms with van der Waals surface area (Å²) in [5, 5.41) is 6.12. The van der Waals surface area contributed by atoms with E-state index in [1.807, 2.05) is 0 Å². The van der Waals surface area contributed by atoms with E-state index in [4.69, 9.17) is 16.3 Å². The largest absolute Gasteiger partial charge is 0.454 e. The van der Waals surface area contributed by atoms with E-state index in [1.165, 1.54) is 0 Å². The Kier molecular flexibility index (Phi) is 7.36. The molecule has 1 heterocycles. The zero-order valence-corrected chi connectivity index (χ0v) is 20.3. The fourth-order valence-corrected chi connectivity index (χ4v) is 4.70. The standard InChI is InChI=1S/C24H32ClN3O5/c1-15(16-5-7-18(25)8-6-16)26-19(29)14-33-20(30)13-28-21(31)24(27-22(28)32)11-9-17(10-12-24)23(2,3)4/h5-8,15,17H,9-14H2,1-4H3,(H,26,29)(H,27,32). The first-order valence-electron chi connectivity index (χ1n) is 11.3. The lowest BCUT2D eigenvalue weighted by Gasteiger charge is -2.40. The molecule has 1 aromatic rings. The lowest BCUT2D eigenvalue weighted by atomic mass is 9.67. The van der Waals surface area contributed by atoms with Crippen molar-refractivity contribution in [1.29, 1.82) is 0 Å². The minimum Gasteiger partial charge on any atom is -0.454 e. The van der Waals surface area contributed by atoms with Crippen molar-refractivity contribution in [2.24, 2.45) is 11.3 Å². The number of hydrogen-bond donors (Lipinski definition) is 2. The van der Waals surface area contributed by atoms with E-state index in [0.717, 1.165) is 23.3 Å². The van der Waals surface area contributed by atoms with Gasteiger partial charge in [0.2, 0.25) is 0 Å². The zero-order chi connectivity index (χ0) is 24.4. The third-order valence-electron chi connectivity index (χ3n) is 6.71. The Balaban J connectivity index is 1.48. The maximum Gasteiger partial charge on any atom is 0.326 e. The van der Waals surface area contributed by atoms with Gasteiger partial charge in [-0.05, 0) is 61.6 Å². The second-order valence-corrected chi connectivity index (χ2v) is 10.5. The summed E-state index contributed by atoms with van der Waals surface area (Å²) in [6.45, 7) is 7.32. The molecule has 1 atom stereocenters. The van der Waals surface area contributed by atoms with E-state index in [-0.39, 0.29) is 11.5 Å². The molecule has 1 aromatic carbocycles. The van der Waals surface area contributed by atoms with Crippen LogP contribution < -0.4 is 10.6 Å². The van der Waals surface area contributed by atoms with Crippen LogP contribution in [0.1, 0.15) is 65.0 Å². The average molecular weight is 478 g/mol. The SMILES string of the molecule is CC(NC(=O)COC(=O)CN1C(=O)NC2(CCC(C(C)(C)C)CC2)C1=O)c1ccc(Cl)cc1. The summed E-state index contributed by atoms with van der Waals surface area (Å²) < 4.78 is 5.01. The van der Waals surface area contributed by atoms with Crippen LogP contribution in [0.4, 0.5) is 4.79 Å². The van der Waals surface area contributed by atoms with Crippen molar-refractivity contribution in [1.82, 2.24) is 15.5 Å². The van der Waals surface area contributed by atoms with Crippen LogP contribution in [0.5, 0.6) is 0 Å². The fourth-order valence-electron chi connectivity index (χ4n) is 4.57. The maximum absolute atomic E-state index is 13.0. The van der Waals surface area contributed by atoms with Crippen molar-refractivity contribution in [2.75, 3.05) is 13.2 Å². The summed E-state index contributed by atoms with van der Waals surface area (Å²) in [6, 6.07) is 6.14. The highest BCUT2D eigenvalue weighted by molar-refractivity contribution is 6.30. The van der Waals surface area contributed by atoms with Crippen LogP contribution >= 0.6 is 11.6 Å². The molecule has 4 amide bonds. The number of nitrogens with zero attached hydrogens (tertiary/aromatic N) is 1. The highest BCUT2D eigenvalue weighted by Gasteiger charge is 2.53. The van der Waals surface area contributed by atoms with Gasteiger partial charge in [0.05, 0.1) is 6.04 Å². The minimum atomic E-state index is -0.940. The summed E-state index contributed by atoms with van der Waals surface area (Å²) in [4.78, 5) is 50.7.